The molecule has 0 saturated heterocycles. The minimum Gasteiger partial charge on any atom is -0.396 e. The first kappa shape index (κ1) is 12.6. The van der Waals surface area contributed by atoms with Gasteiger partial charge in [-0.15, -0.1) is 11.8 Å². The van der Waals surface area contributed by atoms with Gasteiger partial charge < -0.3 is 5.11 Å². The van der Waals surface area contributed by atoms with Crippen molar-refractivity contribution in [2.24, 2.45) is 5.92 Å². The standard InChI is InChI=1S/C13H20OS/c1-11(2)8-10-15-13-5-3-12(4-6-13)7-9-14/h3-6,11,14H,7-10H2,1-2H3. The maximum absolute atomic E-state index is 8.79. The summed E-state index contributed by atoms with van der Waals surface area (Å²) in [5.74, 6) is 1.97. The summed E-state index contributed by atoms with van der Waals surface area (Å²) in [4.78, 5) is 1.33. The molecule has 0 aromatic heterocycles. The van der Waals surface area contributed by atoms with E-state index in [2.05, 4.69) is 38.1 Å². The zero-order chi connectivity index (χ0) is 11.1. The summed E-state index contributed by atoms with van der Waals surface area (Å²) in [5.41, 5.74) is 1.21. The Labute approximate surface area is 96.9 Å². The molecule has 1 aromatic carbocycles. The van der Waals surface area contributed by atoms with Crippen LogP contribution in [-0.4, -0.2) is 17.5 Å². The van der Waals surface area contributed by atoms with Crippen molar-refractivity contribution in [1.29, 1.82) is 0 Å². The molecule has 1 nitrogen and oxygen atoms in total. The van der Waals surface area contributed by atoms with E-state index < -0.39 is 0 Å². The predicted molar refractivity (Wildman–Crippen MR) is 67.4 cm³/mol. The van der Waals surface area contributed by atoms with Gasteiger partial charge in [-0.2, -0.15) is 0 Å². The van der Waals surface area contributed by atoms with E-state index in [4.69, 9.17) is 5.11 Å². The van der Waals surface area contributed by atoms with E-state index in [1.807, 2.05) is 11.8 Å². The number of thioether (sulfide) groups is 1. The Balaban J connectivity index is 2.36. The van der Waals surface area contributed by atoms with Gasteiger partial charge in [-0.3, -0.25) is 0 Å². The third-order valence-electron chi connectivity index (χ3n) is 2.29. The Hall–Kier alpha value is -0.470. The van der Waals surface area contributed by atoms with Crippen LogP contribution in [0.4, 0.5) is 0 Å². The fraction of sp³-hybridized carbons (Fsp3) is 0.538. The zero-order valence-electron chi connectivity index (χ0n) is 9.57. The smallest absolute Gasteiger partial charge is 0.0471 e. The van der Waals surface area contributed by atoms with Gasteiger partial charge in [0, 0.05) is 11.5 Å². The van der Waals surface area contributed by atoms with Crippen LogP contribution in [0.1, 0.15) is 25.8 Å². The van der Waals surface area contributed by atoms with E-state index in [9.17, 15) is 0 Å². The molecule has 0 spiro atoms. The van der Waals surface area contributed by atoms with Crippen molar-refractivity contribution >= 4 is 11.8 Å². The molecule has 1 aromatic rings. The van der Waals surface area contributed by atoms with Gasteiger partial charge in [0.1, 0.15) is 0 Å². The lowest BCUT2D eigenvalue weighted by atomic mass is 10.2. The van der Waals surface area contributed by atoms with Crippen LogP contribution in [0.5, 0.6) is 0 Å². The van der Waals surface area contributed by atoms with Crippen LogP contribution < -0.4 is 0 Å². The number of benzene rings is 1. The van der Waals surface area contributed by atoms with E-state index in [0.717, 1.165) is 12.3 Å². The minimum atomic E-state index is 0.236. The maximum Gasteiger partial charge on any atom is 0.0471 e. The van der Waals surface area contributed by atoms with Gasteiger partial charge in [0.2, 0.25) is 0 Å². The molecule has 0 aliphatic carbocycles. The fourth-order valence-corrected chi connectivity index (χ4v) is 2.45. The molecule has 0 aliphatic heterocycles. The third kappa shape index (κ3) is 5.24. The molecule has 0 amide bonds. The van der Waals surface area contributed by atoms with Gasteiger partial charge in [-0.25, -0.2) is 0 Å². The normalized spacial score (nSPS) is 10.9. The molecule has 0 aliphatic rings. The monoisotopic (exact) mass is 224 g/mol. The van der Waals surface area contributed by atoms with Gasteiger partial charge in [0.05, 0.1) is 0 Å². The lowest BCUT2D eigenvalue weighted by molar-refractivity contribution is 0.299. The first-order valence-electron chi connectivity index (χ1n) is 5.55. The van der Waals surface area contributed by atoms with Gasteiger partial charge in [0.15, 0.2) is 0 Å². The molecule has 0 radical (unpaired) electrons. The van der Waals surface area contributed by atoms with Crippen molar-refractivity contribution in [2.45, 2.75) is 31.6 Å². The summed E-state index contributed by atoms with van der Waals surface area (Å²) in [6.07, 6.45) is 2.03. The van der Waals surface area contributed by atoms with E-state index in [-0.39, 0.29) is 6.61 Å². The van der Waals surface area contributed by atoms with Crippen molar-refractivity contribution in [3.8, 4) is 0 Å². The number of aliphatic hydroxyl groups excluding tert-OH is 1. The van der Waals surface area contributed by atoms with Crippen molar-refractivity contribution in [3.63, 3.8) is 0 Å². The minimum absolute atomic E-state index is 0.236. The first-order chi connectivity index (χ1) is 7.22. The average Bonchev–Trinajstić information content (AvgIpc) is 2.20. The highest BCUT2D eigenvalue weighted by molar-refractivity contribution is 7.99. The second kappa shape index (κ2) is 6.91. The van der Waals surface area contributed by atoms with Crippen molar-refractivity contribution in [1.82, 2.24) is 0 Å². The van der Waals surface area contributed by atoms with Crippen molar-refractivity contribution in [3.05, 3.63) is 29.8 Å². The van der Waals surface area contributed by atoms with Gasteiger partial charge in [-0.1, -0.05) is 26.0 Å². The van der Waals surface area contributed by atoms with Crippen LogP contribution in [0.3, 0.4) is 0 Å². The molecule has 2 heteroatoms. The topological polar surface area (TPSA) is 20.2 Å². The van der Waals surface area contributed by atoms with Gasteiger partial charge in [-0.05, 0) is 42.2 Å². The summed E-state index contributed by atoms with van der Waals surface area (Å²) in [6, 6.07) is 8.51. The summed E-state index contributed by atoms with van der Waals surface area (Å²) < 4.78 is 0. The second-order valence-corrected chi connectivity index (χ2v) is 5.32. The third-order valence-corrected chi connectivity index (χ3v) is 3.33. The zero-order valence-corrected chi connectivity index (χ0v) is 10.4. The Morgan fingerprint density at radius 3 is 2.40 bits per heavy atom. The molecular weight excluding hydrogens is 204 g/mol. The number of rotatable bonds is 6. The predicted octanol–water partition coefficient (Wildman–Crippen LogP) is 3.36. The molecule has 0 fully saturated rings. The molecule has 0 saturated carbocycles. The highest BCUT2D eigenvalue weighted by Gasteiger charge is 1.97. The highest BCUT2D eigenvalue weighted by Crippen LogP contribution is 2.20. The largest absolute Gasteiger partial charge is 0.396 e. The first-order valence-corrected chi connectivity index (χ1v) is 6.53. The molecule has 0 heterocycles. The summed E-state index contributed by atoms with van der Waals surface area (Å²) in [5, 5.41) is 8.79. The SMILES string of the molecule is CC(C)CCSc1ccc(CCO)cc1. The van der Waals surface area contributed by atoms with Gasteiger partial charge >= 0.3 is 0 Å². The number of aliphatic hydroxyl groups is 1. The summed E-state index contributed by atoms with van der Waals surface area (Å²) in [7, 11) is 0. The molecule has 0 unspecified atom stereocenters. The summed E-state index contributed by atoms with van der Waals surface area (Å²) >= 11 is 1.91. The molecular formula is C13H20OS. The van der Waals surface area contributed by atoms with Crippen molar-refractivity contribution in [2.75, 3.05) is 12.4 Å². The Bertz CT molecular complexity index is 266. The van der Waals surface area contributed by atoms with E-state index in [0.29, 0.717) is 0 Å². The molecule has 0 atom stereocenters. The van der Waals surface area contributed by atoms with Crippen LogP contribution in [0.2, 0.25) is 0 Å². The van der Waals surface area contributed by atoms with Crippen LogP contribution in [0.15, 0.2) is 29.2 Å². The number of hydrogen-bond acceptors (Lipinski definition) is 2. The molecule has 1 rings (SSSR count). The molecule has 1 N–H and O–H groups in total. The second-order valence-electron chi connectivity index (χ2n) is 4.15. The Morgan fingerprint density at radius 1 is 1.20 bits per heavy atom. The van der Waals surface area contributed by atoms with Crippen LogP contribution in [0, 0.1) is 5.92 Å². The molecule has 15 heavy (non-hydrogen) atoms. The van der Waals surface area contributed by atoms with Gasteiger partial charge in [0.25, 0.3) is 0 Å². The Kier molecular flexibility index (Phi) is 5.81. The lowest BCUT2D eigenvalue weighted by Crippen LogP contribution is -1.91. The van der Waals surface area contributed by atoms with Crippen LogP contribution >= 0.6 is 11.8 Å². The van der Waals surface area contributed by atoms with Crippen LogP contribution in [-0.2, 0) is 6.42 Å². The highest BCUT2D eigenvalue weighted by atomic mass is 32.2. The molecule has 84 valence electrons. The van der Waals surface area contributed by atoms with Crippen molar-refractivity contribution < 1.29 is 5.11 Å². The lowest BCUT2D eigenvalue weighted by Gasteiger charge is -2.05. The van der Waals surface area contributed by atoms with E-state index in [1.165, 1.54) is 22.6 Å². The maximum atomic E-state index is 8.79. The average molecular weight is 224 g/mol. The van der Waals surface area contributed by atoms with Crippen LogP contribution in [0.25, 0.3) is 0 Å². The summed E-state index contributed by atoms with van der Waals surface area (Å²) in [6.45, 7) is 4.75. The fourth-order valence-electron chi connectivity index (χ4n) is 1.29. The van der Waals surface area contributed by atoms with E-state index in [1.54, 1.807) is 0 Å². The Morgan fingerprint density at radius 2 is 1.87 bits per heavy atom. The van der Waals surface area contributed by atoms with E-state index >= 15 is 0 Å². The quantitative estimate of drug-likeness (QED) is 0.748. The molecule has 0 bridgehead atoms. The number of hydrogen-bond donors (Lipinski definition) is 1.